The van der Waals surface area contributed by atoms with Gasteiger partial charge in [0, 0.05) is 37.5 Å². The van der Waals surface area contributed by atoms with Crippen molar-refractivity contribution in [2.24, 2.45) is 5.92 Å². The summed E-state index contributed by atoms with van der Waals surface area (Å²) in [5.41, 5.74) is 1.86. The van der Waals surface area contributed by atoms with Crippen molar-refractivity contribution in [1.29, 1.82) is 0 Å². The van der Waals surface area contributed by atoms with E-state index in [9.17, 15) is 4.79 Å². The molecule has 1 aliphatic heterocycles. The molecule has 1 aliphatic rings. The van der Waals surface area contributed by atoms with Crippen LogP contribution in [0.1, 0.15) is 34.7 Å². The van der Waals surface area contributed by atoms with E-state index in [0.29, 0.717) is 5.92 Å². The lowest BCUT2D eigenvalue weighted by Crippen LogP contribution is -2.39. The number of likely N-dealkylation sites (tertiary alicyclic amines) is 1. The van der Waals surface area contributed by atoms with Crippen LogP contribution < -0.4 is 5.32 Å². The number of nitrogens with zero attached hydrogens (tertiary/aromatic N) is 3. The predicted molar refractivity (Wildman–Crippen MR) is 95.1 cm³/mol. The van der Waals surface area contributed by atoms with Crippen LogP contribution in [0, 0.1) is 12.8 Å². The summed E-state index contributed by atoms with van der Waals surface area (Å²) in [5, 5.41) is 3.08. The molecule has 126 valence electrons. The molecule has 0 radical (unpaired) electrons. The summed E-state index contributed by atoms with van der Waals surface area (Å²) in [6.45, 7) is 3.56. The fraction of sp³-hybridized carbons (Fsp3) is 0.421. The van der Waals surface area contributed by atoms with Crippen LogP contribution in [0.15, 0.2) is 36.4 Å². The third-order valence-electron chi connectivity index (χ3n) is 4.57. The van der Waals surface area contributed by atoms with Crippen molar-refractivity contribution in [3.63, 3.8) is 0 Å². The number of benzene rings is 1. The molecule has 2 aromatic rings. The summed E-state index contributed by atoms with van der Waals surface area (Å²) < 4.78 is 0. The van der Waals surface area contributed by atoms with Crippen LogP contribution in [-0.2, 0) is 6.42 Å². The molecule has 5 heteroatoms. The normalized spacial score (nSPS) is 15.3. The molecule has 3 rings (SSSR count). The van der Waals surface area contributed by atoms with Gasteiger partial charge in [0.2, 0.25) is 0 Å². The number of amides is 1. The second-order valence-electron chi connectivity index (χ2n) is 6.35. The molecule has 1 aromatic heterocycles. The lowest BCUT2D eigenvalue weighted by molar-refractivity contribution is 0.0690. The number of rotatable bonds is 4. The molecular weight excluding hydrogens is 300 g/mol. The van der Waals surface area contributed by atoms with Gasteiger partial charge in [-0.25, -0.2) is 9.97 Å². The summed E-state index contributed by atoms with van der Waals surface area (Å²) in [5.74, 6) is 2.39. The maximum absolute atomic E-state index is 12.5. The third-order valence-corrected chi connectivity index (χ3v) is 4.57. The summed E-state index contributed by atoms with van der Waals surface area (Å²) in [6, 6.07) is 11.6. The van der Waals surface area contributed by atoms with Crippen LogP contribution in [-0.4, -0.2) is 40.9 Å². The van der Waals surface area contributed by atoms with Crippen molar-refractivity contribution in [2.45, 2.75) is 26.2 Å². The first-order valence-corrected chi connectivity index (χ1v) is 8.52. The molecule has 0 aliphatic carbocycles. The standard InChI is InChI=1S/C19H24N4O/c1-14-21-17(13-18(20-2)22-14)12-15-8-10-23(11-9-15)19(24)16-6-4-3-5-7-16/h3-7,13,15H,8-12H2,1-2H3,(H,20,21,22). The van der Waals surface area contributed by atoms with E-state index in [1.54, 1.807) is 0 Å². The summed E-state index contributed by atoms with van der Waals surface area (Å²) in [6.07, 6.45) is 3.00. The molecule has 0 saturated carbocycles. The molecule has 0 spiro atoms. The first-order valence-electron chi connectivity index (χ1n) is 8.52. The van der Waals surface area contributed by atoms with Crippen LogP contribution in [0.3, 0.4) is 0 Å². The van der Waals surface area contributed by atoms with Crippen LogP contribution in [0.4, 0.5) is 5.82 Å². The number of carbonyl (C=O) groups excluding carboxylic acids is 1. The average molecular weight is 324 g/mol. The smallest absolute Gasteiger partial charge is 0.253 e. The van der Waals surface area contributed by atoms with E-state index in [0.717, 1.165) is 55.3 Å². The van der Waals surface area contributed by atoms with Gasteiger partial charge in [0.15, 0.2) is 0 Å². The Morgan fingerprint density at radius 2 is 1.92 bits per heavy atom. The Hall–Kier alpha value is -2.43. The highest BCUT2D eigenvalue weighted by molar-refractivity contribution is 5.94. The fourth-order valence-electron chi connectivity index (χ4n) is 3.26. The Labute approximate surface area is 143 Å². The highest BCUT2D eigenvalue weighted by Gasteiger charge is 2.24. The van der Waals surface area contributed by atoms with Crippen molar-refractivity contribution in [1.82, 2.24) is 14.9 Å². The minimum Gasteiger partial charge on any atom is -0.373 e. The summed E-state index contributed by atoms with van der Waals surface area (Å²) in [4.78, 5) is 23.3. The summed E-state index contributed by atoms with van der Waals surface area (Å²) >= 11 is 0. The van der Waals surface area contributed by atoms with Crippen LogP contribution in [0.5, 0.6) is 0 Å². The topological polar surface area (TPSA) is 58.1 Å². The lowest BCUT2D eigenvalue weighted by atomic mass is 9.91. The minimum atomic E-state index is 0.143. The number of anilines is 1. The Bertz CT molecular complexity index is 694. The molecule has 0 atom stereocenters. The van der Waals surface area contributed by atoms with E-state index in [-0.39, 0.29) is 5.91 Å². The fourth-order valence-corrected chi connectivity index (χ4v) is 3.26. The molecule has 1 saturated heterocycles. The zero-order chi connectivity index (χ0) is 16.9. The van der Waals surface area contributed by atoms with Crippen LogP contribution in [0.2, 0.25) is 0 Å². The van der Waals surface area contributed by atoms with Crippen molar-refractivity contribution in [3.05, 3.63) is 53.5 Å². The van der Waals surface area contributed by atoms with Crippen LogP contribution in [0.25, 0.3) is 0 Å². The SMILES string of the molecule is CNc1cc(CC2CCN(C(=O)c3ccccc3)CC2)nc(C)n1. The first kappa shape index (κ1) is 16.4. The Kier molecular flexibility index (Phi) is 5.08. The van der Waals surface area contributed by atoms with Gasteiger partial charge in [-0.05, 0) is 44.2 Å². The summed E-state index contributed by atoms with van der Waals surface area (Å²) in [7, 11) is 1.87. The second-order valence-corrected chi connectivity index (χ2v) is 6.35. The zero-order valence-electron chi connectivity index (χ0n) is 14.3. The number of piperidine rings is 1. The van der Waals surface area contributed by atoms with Gasteiger partial charge < -0.3 is 10.2 Å². The van der Waals surface area contributed by atoms with Gasteiger partial charge in [-0.3, -0.25) is 4.79 Å². The van der Waals surface area contributed by atoms with Crippen molar-refractivity contribution in [2.75, 3.05) is 25.5 Å². The van der Waals surface area contributed by atoms with Crippen LogP contribution >= 0.6 is 0 Å². The van der Waals surface area contributed by atoms with Gasteiger partial charge in [-0.1, -0.05) is 18.2 Å². The molecule has 1 aromatic carbocycles. The lowest BCUT2D eigenvalue weighted by Gasteiger charge is -2.32. The van der Waals surface area contributed by atoms with Gasteiger partial charge in [0.05, 0.1) is 0 Å². The van der Waals surface area contributed by atoms with Crippen molar-refractivity contribution < 1.29 is 4.79 Å². The largest absolute Gasteiger partial charge is 0.373 e. The molecule has 0 unspecified atom stereocenters. The van der Waals surface area contributed by atoms with Crippen molar-refractivity contribution >= 4 is 11.7 Å². The van der Waals surface area contributed by atoms with Gasteiger partial charge in [-0.2, -0.15) is 0 Å². The van der Waals surface area contributed by atoms with E-state index in [1.165, 1.54) is 0 Å². The number of hydrogen-bond donors (Lipinski definition) is 1. The van der Waals surface area contributed by atoms with E-state index < -0.39 is 0 Å². The average Bonchev–Trinajstić information content (AvgIpc) is 2.62. The van der Waals surface area contributed by atoms with E-state index in [2.05, 4.69) is 15.3 Å². The molecular formula is C19H24N4O. The number of carbonyl (C=O) groups is 1. The quantitative estimate of drug-likeness (QED) is 0.939. The number of nitrogens with one attached hydrogen (secondary N) is 1. The molecule has 5 nitrogen and oxygen atoms in total. The second kappa shape index (κ2) is 7.43. The number of aryl methyl sites for hydroxylation is 1. The molecule has 1 N–H and O–H groups in total. The van der Waals surface area contributed by atoms with Gasteiger partial charge >= 0.3 is 0 Å². The number of hydrogen-bond acceptors (Lipinski definition) is 4. The molecule has 0 bridgehead atoms. The van der Waals surface area contributed by atoms with Gasteiger partial charge in [-0.15, -0.1) is 0 Å². The molecule has 1 fully saturated rings. The van der Waals surface area contributed by atoms with E-state index in [1.807, 2.05) is 55.3 Å². The maximum Gasteiger partial charge on any atom is 0.253 e. The number of aromatic nitrogens is 2. The molecule has 2 heterocycles. The molecule has 24 heavy (non-hydrogen) atoms. The highest BCUT2D eigenvalue weighted by atomic mass is 16.2. The first-order chi connectivity index (χ1) is 11.7. The van der Waals surface area contributed by atoms with Gasteiger partial charge in [0.25, 0.3) is 5.91 Å². The van der Waals surface area contributed by atoms with Gasteiger partial charge in [0.1, 0.15) is 11.6 Å². The minimum absolute atomic E-state index is 0.143. The molecule has 1 amide bonds. The maximum atomic E-state index is 12.5. The highest BCUT2D eigenvalue weighted by Crippen LogP contribution is 2.23. The Morgan fingerprint density at radius 3 is 2.58 bits per heavy atom. The monoisotopic (exact) mass is 324 g/mol. The Morgan fingerprint density at radius 1 is 1.21 bits per heavy atom. The van der Waals surface area contributed by atoms with E-state index >= 15 is 0 Å². The Balaban J connectivity index is 1.57. The van der Waals surface area contributed by atoms with Crippen molar-refractivity contribution in [3.8, 4) is 0 Å². The third kappa shape index (κ3) is 3.91. The van der Waals surface area contributed by atoms with E-state index in [4.69, 9.17) is 0 Å². The predicted octanol–water partition coefficient (Wildman–Crippen LogP) is 2.92. The zero-order valence-corrected chi connectivity index (χ0v) is 14.3.